The molecule has 0 aliphatic carbocycles. The van der Waals surface area contributed by atoms with Crippen molar-refractivity contribution < 1.29 is 14.4 Å². The summed E-state index contributed by atoms with van der Waals surface area (Å²) in [6.45, 7) is 2.03. The fourth-order valence-electron chi connectivity index (χ4n) is 2.05. The maximum atomic E-state index is 11.8. The second-order valence-corrected chi connectivity index (χ2v) is 6.87. The van der Waals surface area contributed by atoms with Crippen LogP contribution in [-0.4, -0.2) is 9.79 Å². The van der Waals surface area contributed by atoms with Gasteiger partial charge in [-0.1, -0.05) is 42.8 Å². The van der Waals surface area contributed by atoms with Gasteiger partial charge in [0, 0.05) is 10.7 Å². The van der Waals surface area contributed by atoms with E-state index in [1.807, 2.05) is 25.1 Å². The first kappa shape index (κ1) is 16.1. The number of halogens is 1. The second-order valence-electron chi connectivity index (χ2n) is 4.74. The summed E-state index contributed by atoms with van der Waals surface area (Å²) in [5.74, 6) is -1.10. The van der Waals surface area contributed by atoms with Gasteiger partial charge in [-0.2, -0.15) is 0 Å². The van der Waals surface area contributed by atoms with E-state index in [4.69, 9.17) is 11.6 Å². The molecule has 0 fully saturated rings. The van der Waals surface area contributed by atoms with E-state index in [0.717, 1.165) is 12.0 Å². The number of anilines is 1. The van der Waals surface area contributed by atoms with Gasteiger partial charge in [0.05, 0.1) is 0 Å². The van der Waals surface area contributed by atoms with E-state index in [-0.39, 0.29) is 0 Å². The zero-order valence-electron chi connectivity index (χ0n) is 11.5. The van der Waals surface area contributed by atoms with Crippen molar-refractivity contribution in [2.45, 2.75) is 19.1 Å². The summed E-state index contributed by atoms with van der Waals surface area (Å²) in [6.07, 6.45) is 0.858. The smallest absolute Gasteiger partial charge is 0.352 e. The van der Waals surface area contributed by atoms with Gasteiger partial charge in [-0.3, -0.25) is 4.57 Å². The minimum atomic E-state index is -4.36. The molecule has 2 rings (SSSR count). The van der Waals surface area contributed by atoms with Crippen LogP contribution in [0.25, 0.3) is 0 Å². The van der Waals surface area contributed by atoms with Crippen LogP contribution in [0.2, 0.25) is 5.02 Å². The van der Waals surface area contributed by atoms with Gasteiger partial charge >= 0.3 is 7.60 Å². The van der Waals surface area contributed by atoms with E-state index < -0.39 is 13.4 Å². The van der Waals surface area contributed by atoms with Crippen molar-refractivity contribution in [1.29, 1.82) is 0 Å². The molecule has 0 aromatic heterocycles. The molecule has 0 amide bonds. The highest BCUT2D eigenvalue weighted by Crippen LogP contribution is 2.51. The minimum Gasteiger partial charge on any atom is -0.368 e. The lowest BCUT2D eigenvalue weighted by atomic mass is 10.1. The van der Waals surface area contributed by atoms with Crippen LogP contribution in [0.15, 0.2) is 48.5 Å². The highest BCUT2D eigenvalue weighted by Gasteiger charge is 2.30. The summed E-state index contributed by atoms with van der Waals surface area (Å²) in [6, 6.07) is 14.0. The highest BCUT2D eigenvalue weighted by atomic mass is 35.5. The normalized spacial score (nSPS) is 13.0. The van der Waals surface area contributed by atoms with Gasteiger partial charge in [-0.15, -0.1) is 0 Å². The molecule has 1 atom stereocenters. The van der Waals surface area contributed by atoms with Crippen molar-refractivity contribution in [3.05, 3.63) is 64.7 Å². The minimum absolute atomic E-state index is 0.495. The van der Waals surface area contributed by atoms with Crippen molar-refractivity contribution in [3.63, 3.8) is 0 Å². The van der Waals surface area contributed by atoms with Crippen molar-refractivity contribution in [3.8, 4) is 0 Å². The Bertz CT molecular complexity index is 654. The molecule has 6 heteroatoms. The molecule has 0 heterocycles. The third kappa shape index (κ3) is 4.32. The molecule has 2 aromatic carbocycles. The Morgan fingerprint density at radius 1 is 1.19 bits per heavy atom. The Labute approximate surface area is 128 Å². The lowest BCUT2D eigenvalue weighted by molar-refractivity contribution is 0.363. The number of rotatable bonds is 5. The fraction of sp³-hybridized carbons (Fsp3) is 0.200. The quantitative estimate of drug-likeness (QED) is 0.721. The first-order valence-corrected chi connectivity index (χ1v) is 8.62. The number of aryl methyl sites for hydroxylation is 1. The van der Waals surface area contributed by atoms with Crippen LogP contribution in [-0.2, 0) is 11.0 Å². The molecule has 112 valence electrons. The monoisotopic (exact) mass is 325 g/mol. The van der Waals surface area contributed by atoms with Crippen LogP contribution in [0.3, 0.4) is 0 Å². The van der Waals surface area contributed by atoms with Gasteiger partial charge in [-0.25, -0.2) is 0 Å². The van der Waals surface area contributed by atoms with Gasteiger partial charge in [-0.05, 0) is 41.8 Å². The van der Waals surface area contributed by atoms with E-state index in [0.29, 0.717) is 16.3 Å². The van der Waals surface area contributed by atoms with Crippen molar-refractivity contribution in [1.82, 2.24) is 0 Å². The van der Waals surface area contributed by atoms with E-state index in [9.17, 15) is 14.4 Å². The molecule has 0 saturated heterocycles. The summed E-state index contributed by atoms with van der Waals surface area (Å²) >= 11 is 5.82. The average molecular weight is 326 g/mol. The van der Waals surface area contributed by atoms with Gasteiger partial charge in [0.1, 0.15) is 0 Å². The summed E-state index contributed by atoms with van der Waals surface area (Å²) in [5, 5.41) is 3.45. The largest absolute Gasteiger partial charge is 0.368 e. The standard InChI is InChI=1S/C15H17ClNO3P/c1-2-11-4-3-5-14(10-11)17-15(21(18,19)20)12-6-8-13(16)9-7-12/h3-10,15,17H,2H2,1H3,(H2,18,19,20)/t15-/m1/s1. The number of nitrogens with one attached hydrogen (secondary N) is 1. The van der Waals surface area contributed by atoms with Crippen LogP contribution >= 0.6 is 19.2 Å². The molecule has 0 bridgehead atoms. The van der Waals surface area contributed by atoms with Crippen molar-refractivity contribution in [2.75, 3.05) is 5.32 Å². The van der Waals surface area contributed by atoms with Gasteiger partial charge in [0.25, 0.3) is 0 Å². The number of benzene rings is 2. The fourth-order valence-corrected chi connectivity index (χ4v) is 3.05. The molecule has 3 N–H and O–H groups in total. The molecule has 4 nitrogen and oxygen atoms in total. The van der Waals surface area contributed by atoms with Crippen LogP contribution in [0.1, 0.15) is 23.8 Å². The predicted molar refractivity (Wildman–Crippen MR) is 85.7 cm³/mol. The summed E-state index contributed by atoms with van der Waals surface area (Å²) in [5.41, 5.74) is 2.27. The van der Waals surface area contributed by atoms with Crippen LogP contribution in [0.4, 0.5) is 5.69 Å². The Kier molecular flexibility index (Phi) is 5.07. The predicted octanol–water partition coefficient (Wildman–Crippen LogP) is 4.19. The Morgan fingerprint density at radius 2 is 1.86 bits per heavy atom. The molecule has 0 spiro atoms. The maximum Gasteiger partial charge on any atom is 0.352 e. The topological polar surface area (TPSA) is 69.6 Å². The average Bonchev–Trinajstić information content (AvgIpc) is 2.45. The summed E-state index contributed by atoms with van der Waals surface area (Å²) in [4.78, 5) is 19.2. The third-order valence-corrected chi connectivity index (χ3v) is 4.51. The zero-order chi connectivity index (χ0) is 15.5. The van der Waals surface area contributed by atoms with E-state index in [1.165, 1.54) is 0 Å². The Hall–Kier alpha value is -1.32. The van der Waals surface area contributed by atoms with Gasteiger partial charge in [0.2, 0.25) is 0 Å². The van der Waals surface area contributed by atoms with E-state index >= 15 is 0 Å². The molecule has 0 unspecified atom stereocenters. The number of hydrogen-bond donors (Lipinski definition) is 3. The second kappa shape index (κ2) is 6.63. The van der Waals surface area contributed by atoms with E-state index in [1.54, 1.807) is 30.3 Å². The molecule has 0 saturated carbocycles. The maximum absolute atomic E-state index is 11.8. The van der Waals surface area contributed by atoms with Crippen molar-refractivity contribution in [2.24, 2.45) is 0 Å². The van der Waals surface area contributed by atoms with E-state index in [2.05, 4.69) is 5.32 Å². The molecular formula is C15H17ClNO3P. The Morgan fingerprint density at radius 3 is 2.43 bits per heavy atom. The summed E-state index contributed by atoms with van der Waals surface area (Å²) in [7, 11) is -4.36. The first-order valence-electron chi connectivity index (χ1n) is 6.56. The van der Waals surface area contributed by atoms with Crippen LogP contribution in [0.5, 0.6) is 0 Å². The molecule has 0 aliphatic heterocycles. The Balaban J connectivity index is 2.33. The van der Waals surface area contributed by atoms with Gasteiger partial charge in [0.15, 0.2) is 5.78 Å². The molecule has 2 aromatic rings. The highest BCUT2D eigenvalue weighted by molar-refractivity contribution is 7.52. The number of hydrogen-bond acceptors (Lipinski definition) is 2. The zero-order valence-corrected chi connectivity index (χ0v) is 13.2. The van der Waals surface area contributed by atoms with Crippen molar-refractivity contribution >= 4 is 24.9 Å². The molecule has 0 aliphatic rings. The SMILES string of the molecule is CCc1cccc(N[C@@H](c2ccc(Cl)cc2)P(=O)(O)O)c1. The third-order valence-electron chi connectivity index (χ3n) is 3.16. The molecular weight excluding hydrogens is 309 g/mol. The lowest BCUT2D eigenvalue weighted by Crippen LogP contribution is -2.11. The lowest BCUT2D eigenvalue weighted by Gasteiger charge is -2.22. The first-order chi connectivity index (χ1) is 9.90. The summed E-state index contributed by atoms with van der Waals surface area (Å²) < 4.78 is 11.8. The van der Waals surface area contributed by atoms with Crippen LogP contribution < -0.4 is 5.32 Å². The molecule has 0 radical (unpaired) electrons. The van der Waals surface area contributed by atoms with Crippen LogP contribution in [0, 0.1) is 0 Å². The molecule has 21 heavy (non-hydrogen) atoms. The van der Waals surface area contributed by atoms with Gasteiger partial charge < -0.3 is 15.1 Å².